The minimum absolute atomic E-state index is 0. The second kappa shape index (κ2) is 17.9. The van der Waals surface area contributed by atoms with Crippen LogP contribution < -0.4 is 40.0 Å². The van der Waals surface area contributed by atoms with E-state index in [4.69, 9.17) is 15.0 Å². The smallest absolute Gasteiger partial charge is 0.545 e. The third-order valence-electron chi connectivity index (χ3n) is 9.50. The number of esters is 1. The van der Waals surface area contributed by atoms with E-state index >= 15 is 0 Å². The molecule has 3 aromatic carbocycles. The molecule has 3 aliphatic rings. The summed E-state index contributed by atoms with van der Waals surface area (Å²) in [5, 5.41) is 45.9. The number of hydrogen-bond acceptors (Lipinski definition) is 14. The van der Waals surface area contributed by atoms with Crippen LogP contribution in [0.3, 0.4) is 0 Å². The predicted octanol–water partition coefficient (Wildman–Crippen LogP) is 0.134. The van der Waals surface area contributed by atoms with Crippen molar-refractivity contribution in [1.82, 2.24) is 9.80 Å². The van der Waals surface area contributed by atoms with Crippen molar-refractivity contribution >= 4 is 58.7 Å². The van der Waals surface area contributed by atoms with Crippen molar-refractivity contribution in [3.63, 3.8) is 0 Å². The van der Waals surface area contributed by atoms with Crippen LogP contribution in [0.5, 0.6) is 0 Å². The molecular weight excluding hydrogens is 777 g/mol. The molecule has 0 aromatic heterocycles. The number of anilines is 1. The number of hydrogen-bond donors (Lipinski definition) is 2. The van der Waals surface area contributed by atoms with Gasteiger partial charge in [0.15, 0.2) is 0 Å². The Balaban J connectivity index is 0.00000704. The Morgan fingerprint density at radius 3 is 2.12 bits per heavy atom. The number of thioether (sulfide) groups is 1. The van der Waals surface area contributed by atoms with Gasteiger partial charge in [-0.15, -0.1) is 11.8 Å². The number of non-ortho nitro benzene ring substituents is 2. The molecule has 0 saturated carbocycles. The minimum atomic E-state index is -2.00. The zero-order valence-electron chi connectivity index (χ0n) is 34.5. The van der Waals surface area contributed by atoms with Gasteiger partial charge in [0.2, 0.25) is 11.8 Å². The van der Waals surface area contributed by atoms with E-state index in [9.17, 15) is 54.4 Å². The number of benzene rings is 3. The second-order valence-corrected chi connectivity index (χ2v) is 14.5. The van der Waals surface area contributed by atoms with Gasteiger partial charge in [-0.05, 0) is 66.4 Å². The number of nitrogens with zero attached hydrogens (tertiary/aromatic N) is 4. The van der Waals surface area contributed by atoms with E-state index in [-0.39, 0.29) is 72.8 Å². The summed E-state index contributed by atoms with van der Waals surface area (Å²) < 4.78 is 43.6. The van der Waals surface area contributed by atoms with Gasteiger partial charge in [-0.2, -0.15) is 0 Å². The van der Waals surface area contributed by atoms with Crippen molar-refractivity contribution in [3.8, 4) is 0 Å². The van der Waals surface area contributed by atoms with Gasteiger partial charge in [-0.3, -0.25) is 34.7 Å². The zero-order valence-corrected chi connectivity index (χ0v) is 33.3. The number of ether oxygens (including phenoxy) is 2. The summed E-state index contributed by atoms with van der Waals surface area (Å²) >= 11 is 1.05. The van der Waals surface area contributed by atoms with Gasteiger partial charge in [0.05, 0.1) is 39.4 Å². The average Bonchev–Trinajstić information content (AvgIpc) is 3.73. The summed E-state index contributed by atoms with van der Waals surface area (Å²) in [6, 6.07) is 4.54. The number of aromatic carboxylic acids is 1. The molecular formula is C37H34N5NaO13S. The molecule has 0 unspecified atom stereocenters. The number of nitro groups is 2. The number of fused-ring (bicyclic) bond motifs is 1. The minimum Gasteiger partial charge on any atom is -0.545 e. The first kappa shape index (κ1) is 37.2. The molecule has 2 N–H and O–H groups in total. The fourth-order valence-corrected chi connectivity index (χ4v) is 8.29. The number of carbonyl (C=O) groups excluding carboxylic acids is 5. The number of amides is 3. The standard InChI is InChI=1S/C37H35N5O13S.Na/c1-19-30-29(20(2)43)34(45)40(30)31(36(48)54-17-21-6-10-25(11-7-21)41(50)51)32(19)56-27-15-28(33(44)38-24-5-3-4-23(14-24)35(46)47)39(16-27)37(49)55-18-22-8-12-26(13-9-22)42(52)53;/h3-14,19-20,27-30,43H,15-18H2,1-2H3,(H,38,44)(H,46,47);/q;+1/p-1/t19-,20-,27+,28+,29-,30-;/m1./s1/i3D,4D,5D,14D;. The Morgan fingerprint density at radius 2 is 1.58 bits per heavy atom. The molecule has 2 fully saturated rings. The molecule has 2 saturated heterocycles. The molecule has 0 radical (unpaired) electrons. The van der Waals surface area contributed by atoms with Crippen molar-refractivity contribution in [1.29, 1.82) is 0 Å². The van der Waals surface area contributed by atoms with Crippen LogP contribution in [0.1, 0.15) is 47.2 Å². The molecule has 20 heteroatoms. The summed E-state index contributed by atoms with van der Waals surface area (Å²) in [4.78, 5) is 90.1. The number of aliphatic hydroxyl groups is 1. The summed E-state index contributed by atoms with van der Waals surface area (Å²) in [6.45, 7) is 2.22. The number of carboxylic acids is 1. The van der Waals surface area contributed by atoms with Crippen LogP contribution in [0.4, 0.5) is 21.9 Å². The van der Waals surface area contributed by atoms with Gasteiger partial charge in [0.25, 0.3) is 11.4 Å². The van der Waals surface area contributed by atoms with Crippen molar-refractivity contribution in [2.24, 2.45) is 11.8 Å². The van der Waals surface area contributed by atoms with Crippen molar-refractivity contribution in [3.05, 3.63) is 120 Å². The number of nitrogens with one attached hydrogen (secondary N) is 1. The Labute approximate surface area is 356 Å². The SMILES string of the molecule is [2H]c1c([2H])c(NC(=O)[C@@H]2C[C@H](SC3=C(C(=O)OCc4ccc([N+](=O)[O-])cc4)N4C(=O)[C@H]([C@@H](C)O)[C@H]4[C@H]3C)CN2C(=O)OCc2ccc([N+](=O)[O-])cc2)c([2H])c(C(=O)[O-])c1[2H].[Na+]. The van der Waals surface area contributed by atoms with Crippen molar-refractivity contribution in [2.45, 2.75) is 56.9 Å². The molecule has 292 valence electrons. The van der Waals surface area contributed by atoms with Gasteiger partial charge in [-0.25, -0.2) is 9.59 Å². The van der Waals surface area contributed by atoms with E-state index in [1.165, 1.54) is 60.4 Å². The number of nitro benzene ring substituents is 2. The van der Waals surface area contributed by atoms with E-state index < -0.39 is 110 Å². The van der Waals surface area contributed by atoms with Crippen LogP contribution in [0.25, 0.3) is 0 Å². The first-order valence-corrected chi connectivity index (χ1v) is 17.8. The molecule has 3 aliphatic heterocycles. The monoisotopic (exact) mass is 815 g/mol. The van der Waals surface area contributed by atoms with E-state index in [0.717, 1.165) is 16.7 Å². The molecule has 18 nitrogen and oxygen atoms in total. The molecule has 6 rings (SSSR count). The average molecular weight is 816 g/mol. The Hall–Kier alpha value is -5.34. The molecule has 0 aliphatic carbocycles. The van der Waals surface area contributed by atoms with Gasteiger partial charge in [0.1, 0.15) is 25.0 Å². The second-order valence-electron chi connectivity index (χ2n) is 13.1. The Morgan fingerprint density at radius 1 is 1.00 bits per heavy atom. The molecule has 0 spiro atoms. The molecule has 6 atom stereocenters. The fraction of sp³-hybridized carbons (Fsp3) is 0.324. The van der Waals surface area contributed by atoms with Crippen LogP contribution in [0.15, 0.2) is 83.3 Å². The van der Waals surface area contributed by atoms with Gasteiger partial charge < -0.3 is 34.7 Å². The number of aliphatic hydroxyl groups excluding tert-OH is 1. The van der Waals surface area contributed by atoms with Crippen LogP contribution in [-0.4, -0.2) is 84.6 Å². The third-order valence-corrected chi connectivity index (χ3v) is 11.0. The molecule has 3 heterocycles. The Bertz CT molecular complexity index is 2360. The summed E-state index contributed by atoms with van der Waals surface area (Å²) in [7, 11) is 0. The van der Waals surface area contributed by atoms with E-state index in [1.807, 2.05) is 0 Å². The quantitative estimate of drug-likeness (QED) is 0.0766. The maximum absolute atomic E-state index is 14.0. The number of carboxylic acid groups (broad SMARTS) is 1. The number of rotatable bonds is 13. The predicted molar refractivity (Wildman–Crippen MR) is 194 cm³/mol. The number of β-lactam (4-membered cyclic amide) rings is 1. The fourth-order valence-electron chi connectivity index (χ4n) is 6.77. The first-order chi connectivity index (χ1) is 28.3. The topological polar surface area (TPSA) is 252 Å². The normalized spacial score (nSPS) is 22.4. The first-order valence-electron chi connectivity index (χ1n) is 18.9. The van der Waals surface area contributed by atoms with E-state index in [0.29, 0.717) is 16.0 Å². The van der Waals surface area contributed by atoms with Crippen molar-refractivity contribution in [2.75, 3.05) is 11.9 Å². The van der Waals surface area contributed by atoms with Crippen LogP contribution in [0.2, 0.25) is 0 Å². The van der Waals surface area contributed by atoms with Crippen LogP contribution >= 0.6 is 11.8 Å². The summed E-state index contributed by atoms with van der Waals surface area (Å²) in [5.41, 5.74) is -1.54. The molecule has 3 aromatic rings. The third kappa shape index (κ3) is 9.12. The molecule has 3 amide bonds. The maximum atomic E-state index is 14.0. The summed E-state index contributed by atoms with van der Waals surface area (Å²) in [5.74, 6) is -5.93. The van der Waals surface area contributed by atoms with Gasteiger partial charge >= 0.3 is 41.6 Å². The number of likely N-dealkylation sites (tertiary alicyclic amines) is 1. The Kier molecular flexibility index (Phi) is 11.7. The maximum Gasteiger partial charge on any atom is 1.00 e. The molecule has 57 heavy (non-hydrogen) atoms. The van der Waals surface area contributed by atoms with E-state index in [1.54, 1.807) is 6.92 Å². The summed E-state index contributed by atoms with van der Waals surface area (Å²) in [6.07, 6.45) is -2.31. The van der Waals surface area contributed by atoms with Crippen LogP contribution in [0, 0.1) is 32.1 Å². The van der Waals surface area contributed by atoms with E-state index in [2.05, 4.69) is 5.32 Å². The largest absolute Gasteiger partial charge is 1.00 e. The van der Waals surface area contributed by atoms with Crippen LogP contribution in [-0.2, 0) is 37.1 Å². The van der Waals surface area contributed by atoms with Gasteiger partial charge in [0, 0.05) is 52.6 Å². The number of carbonyl (C=O) groups is 5. The van der Waals surface area contributed by atoms with Crippen molar-refractivity contribution < 1.29 is 88.5 Å². The molecule has 0 bridgehead atoms. The van der Waals surface area contributed by atoms with Gasteiger partial charge in [-0.1, -0.05) is 19.0 Å². The zero-order chi connectivity index (χ0) is 43.9.